The molecule has 0 saturated carbocycles. The highest BCUT2D eigenvalue weighted by Crippen LogP contribution is 2.27. The summed E-state index contributed by atoms with van der Waals surface area (Å²) in [6, 6.07) is 7.21. The first kappa shape index (κ1) is 17.5. The molecule has 2 heterocycles. The summed E-state index contributed by atoms with van der Waals surface area (Å²) in [7, 11) is 0. The van der Waals surface area contributed by atoms with E-state index in [1.54, 1.807) is 18.2 Å². The van der Waals surface area contributed by atoms with Gasteiger partial charge < -0.3 is 11.1 Å². The Bertz CT molecular complexity index is 964. The van der Waals surface area contributed by atoms with Crippen LogP contribution in [0.2, 0.25) is 5.15 Å². The molecule has 3 rings (SSSR count). The van der Waals surface area contributed by atoms with Crippen LogP contribution in [0.25, 0.3) is 11.0 Å². The van der Waals surface area contributed by atoms with Crippen molar-refractivity contribution in [3.05, 3.63) is 52.8 Å². The number of amides is 2. The van der Waals surface area contributed by atoms with Crippen LogP contribution < -0.4 is 11.1 Å². The molecule has 0 aliphatic rings. The molecule has 25 heavy (non-hydrogen) atoms. The number of halogens is 1. The Hall–Kier alpha value is -2.29. The summed E-state index contributed by atoms with van der Waals surface area (Å²) >= 11 is 8.83. The number of thioether (sulfide) groups is 1. The minimum Gasteiger partial charge on any atom is -0.369 e. The number of benzene rings is 1. The molecule has 0 fully saturated rings. The molecule has 9 heteroatoms. The van der Waals surface area contributed by atoms with Crippen LogP contribution in [-0.2, 0) is 9.59 Å². The summed E-state index contributed by atoms with van der Waals surface area (Å²) in [6.07, 6.45) is 4.85. The molecule has 0 radical (unpaired) electrons. The quantitative estimate of drug-likeness (QED) is 0.497. The Labute approximate surface area is 156 Å². The van der Waals surface area contributed by atoms with Gasteiger partial charge in [-0.25, -0.2) is 4.98 Å². The van der Waals surface area contributed by atoms with E-state index in [4.69, 9.17) is 17.3 Å². The maximum absolute atomic E-state index is 12.2. The Morgan fingerprint density at radius 3 is 3.00 bits per heavy atom. The lowest BCUT2D eigenvalue weighted by Crippen LogP contribution is -2.13. The largest absolute Gasteiger partial charge is 0.369 e. The number of rotatable bonds is 6. The number of nitrogens with two attached hydrogens (primary N) is 1. The molecular weight excluding hydrogens is 380 g/mol. The van der Waals surface area contributed by atoms with Gasteiger partial charge in [0, 0.05) is 22.5 Å². The van der Waals surface area contributed by atoms with E-state index in [0.29, 0.717) is 16.5 Å². The normalized spacial score (nSPS) is 11.2. The molecule has 0 unspecified atom stereocenters. The van der Waals surface area contributed by atoms with E-state index in [1.165, 1.54) is 29.2 Å². The SMILES string of the molecule is NC(=O)CSc1ccccc1NC(=O)/C=C/c1c(Cl)nc2sccn12. The maximum Gasteiger partial charge on any atom is 0.248 e. The Balaban J connectivity index is 1.73. The highest BCUT2D eigenvalue weighted by Gasteiger charge is 2.10. The van der Waals surface area contributed by atoms with Gasteiger partial charge in [0.1, 0.15) is 0 Å². The number of nitrogens with zero attached hydrogens (tertiary/aromatic N) is 2. The van der Waals surface area contributed by atoms with Crippen molar-refractivity contribution in [2.24, 2.45) is 5.73 Å². The first-order chi connectivity index (χ1) is 12.0. The fourth-order valence-electron chi connectivity index (χ4n) is 2.10. The number of anilines is 1. The van der Waals surface area contributed by atoms with Crippen LogP contribution in [0.4, 0.5) is 5.69 Å². The average Bonchev–Trinajstić information content (AvgIpc) is 3.13. The van der Waals surface area contributed by atoms with E-state index in [-0.39, 0.29) is 11.7 Å². The Morgan fingerprint density at radius 1 is 1.40 bits per heavy atom. The predicted octanol–water partition coefficient (Wildman–Crippen LogP) is 3.28. The van der Waals surface area contributed by atoms with Gasteiger partial charge in [0.2, 0.25) is 11.8 Å². The van der Waals surface area contributed by atoms with E-state index >= 15 is 0 Å². The number of imidazole rings is 1. The first-order valence-electron chi connectivity index (χ1n) is 7.15. The predicted molar refractivity (Wildman–Crippen MR) is 102 cm³/mol. The molecule has 0 aliphatic heterocycles. The second-order valence-electron chi connectivity index (χ2n) is 4.92. The molecule has 0 saturated heterocycles. The van der Waals surface area contributed by atoms with Crippen LogP contribution in [0.5, 0.6) is 0 Å². The minimum atomic E-state index is -0.416. The fourth-order valence-corrected chi connectivity index (χ4v) is 3.85. The summed E-state index contributed by atoms with van der Waals surface area (Å²) in [5.41, 5.74) is 6.42. The molecule has 3 N–H and O–H groups in total. The molecule has 128 valence electrons. The molecule has 1 aromatic carbocycles. The van der Waals surface area contributed by atoms with Gasteiger partial charge in [0.25, 0.3) is 0 Å². The second-order valence-corrected chi connectivity index (χ2v) is 7.17. The van der Waals surface area contributed by atoms with Crippen molar-refractivity contribution in [2.75, 3.05) is 11.1 Å². The third-order valence-electron chi connectivity index (χ3n) is 3.16. The van der Waals surface area contributed by atoms with Crippen LogP contribution in [0.1, 0.15) is 5.69 Å². The molecule has 0 aliphatic carbocycles. The van der Waals surface area contributed by atoms with Crippen molar-refractivity contribution in [3.63, 3.8) is 0 Å². The number of nitrogens with one attached hydrogen (secondary N) is 1. The Morgan fingerprint density at radius 2 is 2.20 bits per heavy atom. The van der Waals surface area contributed by atoms with E-state index in [2.05, 4.69) is 10.3 Å². The molecular formula is C16H13ClN4O2S2. The number of thiazole rings is 1. The first-order valence-corrected chi connectivity index (χ1v) is 9.39. The van der Waals surface area contributed by atoms with Gasteiger partial charge in [-0.15, -0.1) is 23.1 Å². The van der Waals surface area contributed by atoms with Crippen molar-refractivity contribution < 1.29 is 9.59 Å². The summed E-state index contributed by atoms with van der Waals surface area (Å²) in [5, 5.41) is 5.02. The number of fused-ring (bicyclic) bond motifs is 1. The standard InChI is InChI=1S/C16H13ClN4O2S2/c17-15-11(21-7-8-24-16(21)20-15)5-6-14(23)19-10-3-1-2-4-12(10)25-9-13(18)22/h1-8H,9H2,(H2,18,22)(H,19,23)/b6-5+. The van der Waals surface area contributed by atoms with Gasteiger partial charge in [0.05, 0.1) is 17.1 Å². The van der Waals surface area contributed by atoms with Crippen LogP contribution in [-0.4, -0.2) is 27.0 Å². The zero-order chi connectivity index (χ0) is 17.8. The summed E-state index contributed by atoms with van der Waals surface area (Å²) in [4.78, 5) is 28.9. The van der Waals surface area contributed by atoms with Crippen molar-refractivity contribution in [1.82, 2.24) is 9.38 Å². The highest BCUT2D eigenvalue weighted by atomic mass is 35.5. The minimum absolute atomic E-state index is 0.143. The van der Waals surface area contributed by atoms with Gasteiger partial charge in [-0.05, 0) is 18.2 Å². The lowest BCUT2D eigenvalue weighted by Gasteiger charge is -2.08. The third-order valence-corrected chi connectivity index (χ3v) is 5.29. The van der Waals surface area contributed by atoms with Crippen LogP contribution in [0, 0.1) is 0 Å². The topological polar surface area (TPSA) is 89.5 Å². The van der Waals surface area contributed by atoms with E-state index < -0.39 is 5.91 Å². The summed E-state index contributed by atoms with van der Waals surface area (Å²) < 4.78 is 1.81. The van der Waals surface area contributed by atoms with Crippen LogP contribution in [0.15, 0.2) is 46.8 Å². The number of carbonyl (C=O) groups is 2. The molecule has 3 aromatic rings. The van der Waals surface area contributed by atoms with Gasteiger partial charge >= 0.3 is 0 Å². The zero-order valence-corrected chi connectivity index (χ0v) is 15.2. The summed E-state index contributed by atoms with van der Waals surface area (Å²) in [6.45, 7) is 0. The number of para-hydroxylation sites is 1. The van der Waals surface area contributed by atoms with E-state index in [1.807, 2.05) is 28.1 Å². The number of aromatic nitrogens is 2. The van der Waals surface area contributed by atoms with Gasteiger partial charge in [0.15, 0.2) is 10.1 Å². The monoisotopic (exact) mass is 392 g/mol. The van der Waals surface area contributed by atoms with Crippen molar-refractivity contribution in [2.45, 2.75) is 4.90 Å². The number of hydrogen-bond acceptors (Lipinski definition) is 5. The average molecular weight is 393 g/mol. The van der Waals surface area contributed by atoms with Crippen molar-refractivity contribution >= 4 is 63.2 Å². The highest BCUT2D eigenvalue weighted by molar-refractivity contribution is 8.00. The van der Waals surface area contributed by atoms with Crippen LogP contribution >= 0.6 is 34.7 Å². The van der Waals surface area contributed by atoms with Gasteiger partial charge in [-0.3, -0.25) is 14.0 Å². The molecule has 2 amide bonds. The molecule has 0 bridgehead atoms. The maximum atomic E-state index is 12.2. The van der Waals surface area contributed by atoms with Gasteiger partial charge in [-0.2, -0.15) is 0 Å². The zero-order valence-electron chi connectivity index (χ0n) is 12.8. The Kier molecular flexibility index (Phi) is 5.42. The van der Waals surface area contributed by atoms with Crippen LogP contribution in [0.3, 0.4) is 0 Å². The molecule has 6 nitrogen and oxygen atoms in total. The molecule has 0 atom stereocenters. The molecule has 0 spiro atoms. The third kappa shape index (κ3) is 4.22. The lowest BCUT2D eigenvalue weighted by molar-refractivity contribution is -0.115. The number of carbonyl (C=O) groups excluding carboxylic acids is 2. The van der Waals surface area contributed by atoms with Gasteiger partial charge in [-0.1, -0.05) is 23.7 Å². The molecule has 2 aromatic heterocycles. The van der Waals surface area contributed by atoms with Crippen molar-refractivity contribution in [3.8, 4) is 0 Å². The number of hydrogen-bond donors (Lipinski definition) is 2. The summed E-state index contributed by atoms with van der Waals surface area (Å²) in [5.74, 6) is -0.584. The van der Waals surface area contributed by atoms with E-state index in [0.717, 1.165) is 9.86 Å². The number of primary amides is 1. The van der Waals surface area contributed by atoms with Crippen molar-refractivity contribution in [1.29, 1.82) is 0 Å². The smallest absolute Gasteiger partial charge is 0.248 e. The second kappa shape index (κ2) is 7.73. The fraction of sp³-hybridized carbons (Fsp3) is 0.0625. The lowest BCUT2D eigenvalue weighted by atomic mass is 10.3. The van der Waals surface area contributed by atoms with E-state index in [9.17, 15) is 9.59 Å².